The third-order valence-corrected chi connectivity index (χ3v) is 11.4. The number of allylic oxidation sites excluding steroid dienone is 2. The molecule has 6 heteroatoms. The van der Waals surface area contributed by atoms with E-state index in [2.05, 4.69) is 103 Å². The summed E-state index contributed by atoms with van der Waals surface area (Å²) < 4.78 is 6.62. The third kappa shape index (κ3) is 7.90. The maximum Gasteiger partial charge on any atom is 0.203 e. The van der Waals surface area contributed by atoms with E-state index in [0.29, 0.717) is 12.8 Å². The van der Waals surface area contributed by atoms with Gasteiger partial charge in [0.2, 0.25) is 5.78 Å². The number of aliphatic hydroxyl groups excluding tert-OH is 2. The molecule has 0 saturated heterocycles. The minimum atomic E-state index is -0.428. The molecule has 0 aliphatic heterocycles. The first-order chi connectivity index (χ1) is 24.0. The molecule has 2 heterocycles. The molecule has 6 rings (SSSR count). The molecule has 3 aromatic carbocycles. The number of nitrogens with zero attached hydrogens (tertiary/aromatic N) is 1. The molecule has 0 amide bonds. The van der Waals surface area contributed by atoms with Crippen molar-refractivity contribution >= 4 is 38.5 Å². The Balaban J connectivity index is 0.000000305. The molecular formula is C46H58IrNO4-. The van der Waals surface area contributed by atoms with Crippen LogP contribution in [-0.4, -0.2) is 21.0 Å². The summed E-state index contributed by atoms with van der Waals surface area (Å²) in [6, 6.07) is 21.2. The maximum atomic E-state index is 11.8. The molecule has 5 aromatic rings. The van der Waals surface area contributed by atoms with E-state index < -0.39 is 5.76 Å². The molecule has 0 fully saturated rings. The summed E-state index contributed by atoms with van der Waals surface area (Å²) in [4.78, 5) is 16.6. The topological polar surface area (TPSA) is 83.6 Å². The molecule has 0 spiro atoms. The van der Waals surface area contributed by atoms with Gasteiger partial charge in [0.05, 0.1) is 0 Å². The number of furan rings is 1. The van der Waals surface area contributed by atoms with Crippen LogP contribution in [0.1, 0.15) is 131 Å². The fraction of sp³-hybridized carbons (Fsp3) is 0.478. The number of rotatable bonds is 8. The Kier molecular flexibility index (Phi) is 12.6. The fourth-order valence-corrected chi connectivity index (χ4v) is 7.78. The van der Waals surface area contributed by atoms with Crippen LogP contribution in [0.4, 0.5) is 0 Å². The van der Waals surface area contributed by atoms with Gasteiger partial charge < -0.3 is 14.6 Å². The SMILES string of the molecule is CC(C)(C)c1cc(-c2nccc3c2oc2cc4c(cc23)C(C)(C)CCC4(C)C)[c-]c2ccccc12.CCC(CC)C(=O)/C(O)=C(\O)C(CC)CC.[Ir]. The number of carbonyl (C=O) groups excluding carboxylic acids is 1. The average molecular weight is 881 g/mol. The monoisotopic (exact) mass is 881 g/mol. The van der Waals surface area contributed by atoms with Gasteiger partial charge in [-0.05, 0) is 84.1 Å². The predicted molar refractivity (Wildman–Crippen MR) is 213 cm³/mol. The summed E-state index contributed by atoms with van der Waals surface area (Å²) in [5, 5.41) is 24.2. The van der Waals surface area contributed by atoms with E-state index in [1.165, 1.54) is 40.3 Å². The molecule has 0 bridgehead atoms. The summed E-state index contributed by atoms with van der Waals surface area (Å²) in [5.41, 5.74) is 8.14. The van der Waals surface area contributed by atoms with Gasteiger partial charge in [0.25, 0.3) is 0 Å². The van der Waals surface area contributed by atoms with Crippen molar-refractivity contribution in [3.63, 3.8) is 0 Å². The normalized spacial score (nSPS) is 15.6. The standard InChI is InChI=1S/C33H34NO.C13H24O3.Ir/c1-31(2,3)25-17-21(16-20-10-8-9-11-22(20)25)29-30-23(12-15-34-29)24-18-26-27(19-28(24)35-30)33(6,7)14-13-32(26,4)5;1-5-9(6-2)11(14)13(16)12(15)10(7-3)8-4;/h8-12,15,17-19H,13-14H2,1-7H3;9-10,14,16H,5-8H2,1-4H3;/q-1;;/b;13-11+;. The first kappa shape index (κ1) is 41.3. The molecule has 1 radical (unpaired) electrons. The Morgan fingerprint density at radius 3 is 1.98 bits per heavy atom. The molecule has 5 nitrogen and oxygen atoms in total. The minimum Gasteiger partial charge on any atom is -0.508 e. The van der Waals surface area contributed by atoms with Crippen LogP contribution in [0.5, 0.6) is 0 Å². The van der Waals surface area contributed by atoms with E-state index in [-0.39, 0.29) is 59.7 Å². The van der Waals surface area contributed by atoms with Crippen molar-refractivity contribution in [2.45, 2.75) is 131 Å². The van der Waals surface area contributed by atoms with E-state index in [4.69, 9.17) is 9.40 Å². The van der Waals surface area contributed by atoms with Gasteiger partial charge in [-0.1, -0.05) is 105 Å². The number of benzene rings is 3. The molecule has 281 valence electrons. The van der Waals surface area contributed by atoms with Gasteiger partial charge in [0, 0.05) is 54.6 Å². The van der Waals surface area contributed by atoms with Crippen LogP contribution >= 0.6 is 0 Å². The number of aromatic nitrogens is 1. The zero-order valence-electron chi connectivity index (χ0n) is 33.1. The predicted octanol–water partition coefficient (Wildman–Crippen LogP) is 13.0. The van der Waals surface area contributed by atoms with Crippen molar-refractivity contribution in [2.75, 3.05) is 0 Å². The second-order valence-corrected chi connectivity index (χ2v) is 16.8. The van der Waals surface area contributed by atoms with E-state index in [9.17, 15) is 15.0 Å². The molecule has 0 atom stereocenters. The van der Waals surface area contributed by atoms with Gasteiger partial charge in [-0.3, -0.25) is 9.78 Å². The second-order valence-electron chi connectivity index (χ2n) is 16.8. The van der Waals surface area contributed by atoms with E-state index in [1.54, 1.807) is 0 Å². The molecular weight excluding hydrogens is 823 g/mol. The fourth-order valence-electron chi connectivity index (χ4n) is 7.78. The first-order valence-electron chi connectivity index (χ1n) is 19.0. The van der Waals surface area contributed by atoms with Crippen molar-refractivity contribution in [3.8, 4) is 11.3 Å². The number of fused-ring (bicyclic) bond motifs is 5. The minimum absolute atomic E-state index is 0. The Hall–Kier alpha value is -3.47. The zero-order valence-corrected chi connectivity index (χ0v) is 35.5. The summed E-state index contributed by atoms with van der Waals surface area (Å²) in [5.74, 6) is -1.19. The third-order valence-electron chi connectivity index (χ3n) is 11.4. The van der Waals surface area contributed by atoms with Crippen molar-refractivity contribution in [3.05, 3.63) is 89.0 Å². The number of ketones is 1. The number of carbonyl (C=O) groups is 1. The van der Waals surface area contributed by atoms with Crippen LogP contribution in [-0.2, 0) is 41.1 Å². The largest absolute Gasteiger partial charge is 0.508 e. The number of Topliss-reactive ketones (excluding diaryl/α,β-unsaturated/α-hetero) is 1. The number of pyridine rings is 1. The van der Waals surface area contributed by atoms with Gasteiger partial charge in [0.1, 0.15) is 16.9 Å². The van der Waals surface area contributed by atoms with Crippen LogP contribution in [0.3, 0.4) is 0 Å². The molecule has 0 unspecified atom stereocenters. The summed E-state index contributed by atoms with van der Waals surface area (Å²) >= 11 is 0. The van der Waals surface area contributed by atoms with Gasteiger partial charge in [0.15, 0.2) is 5.76 Å². The van der Waals surface area contributed by atoms with Gasteiger partial charge in [-0.2, -0.15) is 0 Å². The maximum absolute atomic E-state index is 11.8. The average Bonchev–Trinajstić information content (AvgIpc) is 3.48. The van der Waals surface area contributed by atoms with Crippen LogP contribution in [0, 0.1) is 17.9 Å². The summed E-state index contributed by atoms with van der Waals surface area (Å²) in [7, 11) is 0. The van der Waals surface area contributed by atoms with Crippen LogP contribution in [0.15, 0.2) is 70.7 Å². The van der Waals surface area contributed by atoms with E-state index >= 15 is 0 Å². The summed E-state index contributed by atoms with van der Waals surface area (Å²) in [6.45, 7) is 24.0. The van der Waals surface area contributed by atoms with Crippen molar-refractivity contribution in [1.82, 2.24) is 4.98 Å². The Bertz CT molecular complexity index is 2090. The van der Waals surface area contributed by atoms with Gasteiger partial charge >= 0.3 is 0 Å². The van der Waals surface area contributed by atoms with Crippen LogP contribution < -0.4 is 0 Å². The molecule has 1 aliphatic rings. The first-order valence-corrected chi connectivity index (χ1v) is 19.0. The molecule has 2 N–H and O–H groups in total. The van der Waals surface area contributed by atoms with Gasteiger partial charge in [-0.25, -0.2) is 0 Å². The number of hydrogen-bond acceptors (Lipinski definition) is 5. The zero-order chi connectivity index (χ0) is 37.5. The molecule has 52 heavy (non-hydrogen) atoms. The smallest absolute Gasteiger partial charge is 0.203 e. The Morgan fingerprint density at radius 1 is 0.827 bits per heavy atom. The molecule has 1 aliphatic carbocycles. The number of hydrogen-bond donors (Lipinski definition) is 2. The molecule has 2 aromatic heterocycles. The van der Waals surface area contributed by atoms with E-state index in [1.807, 2.05) is 33.9 Å². The Morgan fingerprint density at radius 2 is 1.40 bits per heavy atom. The van der Waals surface area contributed by atoms with Crippen LogP contribution in [0.2, 0.25) is 0 Å². The second kappa shape index (κ2) is 15.9. The van der Waals surface area contributed by atoms with Crippen molar-refractivity contribution in [1.29, 1.82) is 0 Å². The van der Waals surface area contributed by atoms with Crippen LogP contribution in [0.25, 0.3) is 44.0 Å². The van der Waals surface area contributed by atoms with Gasteiger partial charge in [-0.15, -0.1) is 29.1 Å². The number of aliphatic hydroxyl groups is 2. The molecule has 0 saturated carbocycles. The quantitative estimate of drug-likeness (QED) is 0.0921. The van der Waals surface area contributed by atoms with E-state index in [0.717, 1.165) is 46.0 Å². The van der Waals surface area contributed by atoms with Crippen molar-refractivity contribution in [2.24, 2.45) is 11.8 Å². The van der Waals surface area contributed by atoms with Crippen molar-refractivity contribution < 1.29 is 39.5 Å². The summed E-state index contributed by atoms with van der Waals surface area (Å²) in [6.07, 6.45) is 7.13. The Labute approximate surface area is 324 Å².